The van der Waals surface area contributed by atoms with Gasteiger partial charge in [-0.15, -0.1) is 4.91 Å². The number of nitroso groups, excluding NO2 is 1. The average Bonchev–Trinajstić information content (AvgIpc) is 2.69. The maximum Gasteiger partial charge on any atom is 0.339 e. The minimum Gasteiger partial charge on any atom is -0.507 e. The second kappa shape index (κ2) is 9.59. The van der Waals surface area contributed by atoms with Gasteiger partial charge >= 0.3 is 5.97 Å². The van der Waals surface area contributed by atoms with Crippen molar-refractivity contribution in [3.8, 4) is 5.75 Å². The Kier molecular flexibility index (Phi) is 7.38. The van der Waals surface area contributed by atoms with Crippen molar-refractivity contribution in [1.82, 2.24) is 0 Å². The number of nitrogens with one attached hydrogen (secondary N) is 1. The van der Waals surface area contributed by atoms with E-state index in [0.29, 0.717) is 5.56 Å². The summed E-state index contributed by atoms with van der Waals surface area (Å²) in [5.74, 6) is -2.45. The number of carbonyl (C=O) groups is 2. The molecule has 1 unspecified atom stereocenters. The number of hydrogen-bond acceptors (Lipinski definition) is 6. The fourth-order valence-corrected chi connectivity index (χ4v) is 3.43. The summed E-state index contributed by atoms with van der Waals surface area (Å²) in [6.45, 7) is 12.0. The van der Waals surface area contributed by atoms with Crippen molar-refractivity contribution in [3.63, 3.8) is 0 Å². The lowest BCUT2D eigenvalue weighted by Gasteiger charge is -2.31. The van der Waals surface area contributed by atoms with Gasteiger partial charge < -0.3 is 20.4 Å². The Hall–Kier alpha value is -3.42. The first-order valence-electron chi connectivity index (χ1n) is 10.1. The third kappa shape index (κ3) is 5.39. The number of aromatic hydroxyl groups is 1. The van der Waals surface area contributed by atoms with Crippen molar-refractivity contribution in [2.24, 2.45) is 5.18 Å². The third-order valence-electron chi connectivity index (χ3n) is 5.10. The summed E-state index contributed by atoms with van der Waals surface area (Å²) in [5, 5.41) is 24.4. The molecule has 0 aliphatic heterocycles. The molecule has 0 radical (unpaired) electrons. The number of carbonyl (C=O) groups excluding carboxylic acids is 1. The SMILES string of the molecule is CCN(CC)c1ccc(C(N=O)C(=O)Nc2ccc(C(=O)O)c(O)c2)cc1C(C)(C)C. The molecule has 0 fully saturated rings. The molecule has 0 aromatic heterocycles. The molecular weight excluding hydrogens is 398 g/mol. The molecule has 0 aliphatic carbocycles. The Morgan fingerprint density at radius 3 is 2.23 bits per heavy atom. The molecular formula is C23H29N3O5. The van der Waals surface area contributed by atoms with Gasteiger partial charge in [0.1, 0.15) is 11.3 Å². The fourth-order valence-electron chi connectivity index (χ4n) is 3.43. The molecule has 2 aromatic carbocycles. The van der Waals surface area contributed by atoms with Gasteiger partial charge in [0.2, 0.25) is 0 Å². The molecule has 0 saturated carbocycles. The summed E-state index contributed by atoms with van der Waals surface area (Å²) in [6, 6.07) is 7.80. The predicted octanol–water partition coefficient (Wildman–Crippen LogP) is 4.68. The molecule has 2 aromatic rings. The third-order valence-corrected chi connectivity index (χ3v) is 5.10. The van der Waals surface area contributed by atoms with E-state index in [9.17, 15) is 19.6 Å². The topological polar surface area (TPSA) is 119 Å². The molecule has 1 atom stereocenters. The van der Waals surface area contributed by atoms with Crippen LogP contribution in [0.25, 0.3) is 0 Å². The quantitative estimate of drug-likeness (QED) is 0.526. The van der Waals surface area contributed by atoms with Gasteiger partial charge in [0, 0.05) is 30.5 Å². The molecule has 1 amide bonds. The largest absolute Gasteiger partial charge is 0.507 e. The van der Waals surface area contributed by atoms with Crippen LogP contribution in [0.15, 0.2) is 41.6 Å². The van der Waals surface area contributed by atoms with Crippen LogP contribution in [-0.2, 0) is 10.2 Å². The molecule has 8 nitrogen and oxygen atoms in total. The molecule has 0 saturated heterocycles. The second-order valence-electron chi connectivity index (χ2n) is 8.23. The Balaban J connectivity index is 2.39. The first-order chi connectivity index (χ1) is 14.5. The first kappa shape index (κ1) is 23.9. The van der Waals surface area contributed by atoms with E-state index in [1.807, 2.05) is 12.1 Å². The van der Waals surface area contributed by atoms with E-state index in [1.54, 1.807) is 6.07 Å². The zero-order valence-electron chi connectivity index (χ0n) is 18.5. The average molecular weight is 428 g/mol. The smallest absolute Gasteiger partial charge is 0.339 e. The highest BCUT2D eigenvalue weighted by Crippen LogP contribution is 2.35. The first-order valence-corrected chi connectivity index (χ1v) is 10.1. The Morgan fingerprint density at radius 1 is 1.10 bits per heavy atom. The van der Waals surface area contributed by atoms with Gasteiger partial charge in [-0.1, -0.05) is 38.1 Å². The molecule has 0 aliphatic rings. The van der Waals surface area contributed by atoms with Crippen LogP contribution in [0.1, 0.15) is 62.1 Å². The number of hydrogen-bond donors (Lipinski definition) is 3. The summed E-state index contributed by atoms with van der Waals surface area (Å²) in [7, 11) is 0. The van der Waals surface area contributed by atoms with Gasteiger partial charge in [-0.2, -0.15) is 0 Å². The molecule has 2 rings (SSSR count). The number of carboxylic acid groups (broad SMARTS) is 1. The number of amides is 1. The number of phenols is 1. The van der Waals surface area contributed by atoms with E-state index in [-0.39, 0.29) is 16.7 Å². The standard InChI is InChI=1S/C23H29N3O5/c1-6-26(7-2)18-11-8-14(12-17(18)23(3,4)5)20(25-31)21(28)24-15-9-10-16(22(29)30)19(27)13-15/h8-13,20,27H,6-7H2,1-5H3,(H,24,28)(H,29,30). The molecule has 0 spiro atoms. The lowest BCUT2D eigenvalue weighted by Crippen LogP contribution is -2.27. The van der Waals surface area contributed by atoms with E-state index in [0.717, 1.165) is 30.4 Å². The van der Waals surface area contributed by atoms with Gasteiger partial charge in [0.05, 0.1) is 0 Å². The minimum absolute atomic E-state index is 0.164. The Bertz CT molecular complexity index is 978. The molecule has 31 heavy (non-hydrogen) atoms. The molecule has 0 bridgehead atoms. The van der Waals surface area contributed by atoms with E-state index >= 15 is 0 Å². The van der Waals surface area contributed by atoms with E-state index in [2.05, 4.69) is 50.0 Å². The molecule has 0 heterocycles. The number of carboxylic acids is 1. The number of aromatic carboxylic acids is 1. The summed E-state index contributed by atoms with van der Waals surface area (Å²) in [6.07, 6.45) is 0. The summed E-state index contributed by atoms with van der Waals surface area (Å²) in [5.41, 5.74) is 2.15. The monoisotopic (exact) mass is 427 g/mol. The molecule has 3 N–H and O–H groups in total. The minimum atomic E-state index is -1.30. The lowest BCUT2D eigenvalue weighted by molar-refractivity contribution is -0.117. The highest BCUT2D eigenvalue weighted by atomic mass is 16.4. The summed E-state index contributed by atoms with van der Waals surface area (Å²) >= 11 is 0. The predicted molar refractivity (Wildman–Crippen MR) is 121 cm³/mol. The van der Waals surface area contributed by atoms with Gasteiger partial charge in [-0.25, -0.2) is 4.79 Å². The van der Waals surface area contributed by atoms with Crippen LogP contribution in [0, 0.1) is 4.91 Å². The van der Waals surface area contributed by atoms with Crippen LogP contribution in [0.4, 0.5) is 11.4 Å². The highest BCUT2D eigenvalue weighted by molar-refractivity contribution is 5.97. The number of nitrogens with zero attached hydrogens (tertiary/aromatic N) is 2. The summed E-state index contributed by atoms with van der Waals surface area (Å²) in [4.78, 5) is 37.6. The van der Waals surface area contributed by atoms with E-state index in [1.165, 1.54) is 12.1 Å². The Labute approximate surface area is 181 Å². The van der Waals surface area contributed by atoms with Gasteiger partial charge in [0.15, 0.2) is 6.04 Å². The zero-order chi connectivity index (χ0) is 23.3. The number of anilines is 2. The van der Waals surface area contributed by atoms with Gasteiger partial charge in [0.25, 0.3) is 5.91 Å². The van der Waals surface area contributed by atoms with Crippen LogP contribution in [0.5, 0.6) is 5.75 Å². The maximum atomic E-state index is 12.8. The van der Waals surface area contributed by atoms with Crippen LogP contribution in [-0.4, -0.2) is 35.2 Å². The summed E-state index contributed by atoms with van der Waals surface area (Å²) < 4.78 is 0. The van der Waals surface area contributed by atoms with Crippen molar-refractivity contribution in [2.45, 2.75) is 46.1 Å². The van der Waals surface area contributed by atoms with Crippen molar-refractivity contribution < 1.29 is 19.8 Å². The normalized spacial score (nSPS) is 12.2. The number of benzene rings is 2. The highest BCUT2D eigenvalue weighted by Gasteiger charge is 2.27. The van der Waals surface area contributed by atoms with E-state index < -0.39 is 23.7 Å². The van der Waals surface area contributed by atoms with E-state index in [4.69, 9.17) is 5.11 Å². The van der Waals surface area contributed by atoms with Crippen molar-refractivity contribution in [2.75, 3.05) is 23.3 Å². The molecule has 8 heteroatoms. The lowest BCUT2D eigenvalue weighted by atomic mass is 9.83. The Morgan fingerprint density at radius 2 is 1.74 bits per heavy atom. The van der Waals surface area contributed by atoms with Crippen molar-refractivity contribution >= 4 is 23.3 Å². The fraction of sp³-hybridized carbons (Fsp3) is 0.391. The van der Waals surface area contributed by atoms with Crippen molar-refractivity contribution in [3.05, 3.63) is 58.0 Å². The zero-order valence-corrected chi connectivity index (χ0v) is 18.5. The van der Waals surface area contributed by atoms with Crippen LogP contribution < -0.4 is 10.2 Å². The number of rotatable bonds is 8. The maximum absolute atomic E-state index is 12.8. The second-order valence-corrected chi connectivity index (χ2v) is 8.23. The van der Waals surface area contributed by atoms with Crippen LogP contribution in [0.3, 0.4) is 0 Å². The van der Waals surface area contributed by atoms with Gasteiger partial charge in [-0.3, -0.25) is 4.79 Å². The van der Waals surface area contributed by atoms with Crippen molar-refractivity contribution in [1.29, 1.82) is 0 Å². The molecule has 166 valence electrons. The van der Waals surface area contributed by atoms with Gasteiger partial charge in [-0.05, 0) is 48.6 Å². The van der Waals surface area contributed by atoms with Crippen LogP contribution >= 0.6 is 0 Å². The van der Waals surface area contributed by atoms with Crippen LogP contribution in [0.2, 0.25) is 0 Å².